The summed E-state index contributed by atoms with van der Waals surface area (Å²) >= 11 is 3.88. The molecule has 0 spiro atoms. The Bertz CT molecular complexity index is 744. The number of carbonyl (C=O) groups excluding carboxylic acids is 2. The molecule has 2 rings (SSSR count). The van der Waals surface area contributed by atoms with E-state index in [0.717, 1.165) is 18.5 Å². The normalized spacial score (nSPS) is 22.9. The Labute approximate surface area is 188 Å². The van der Waals surface area contributed by atoms with Gasteiger partial charge in [0, 0.05) is 43.2 Å². The van der Waals surface area contributed by atoms with Crippen LogP contribution in [0, 0.1) is 5.41 Å². The first-order valence-electron chi connectivity index (χ1n) is 9.86. The fraction of sp³-hybridized carbons (Fsp3) is 0.652. The molecule has 1 saturated heterocycles. The Morgan fingerprint density at radius 3 is 2.07 bits per heavy atom. The lowest BCUT2D eigenvalue weighted by atomic mass is 9.80. The fourth-order valence-corrected chi connectivity index (χ4v) is 8.10. The second kappa shape index (κ2) is 7.93. The minimum atomic E-state index is -0.327. The number of anilines is 1. The lowest BCUT2D eigenvalue weighted by Crippen LogP contribution is -2.37. The zero-order valence-corrected chi connectivity index (χ0v) is 21.4. The van der Waals surface area contributed by atoms with E-state index < -0.39 is 0 Å². The summed E-state index contributed by atoms with van der Waals surface area (Å²) in [6, 6.07) is 10.1. The zero-order chi connectivity index (χ0) is 21.5. The van der Waals surface area contributed by atoms with Gasteiger partial charge in [0.15, 0.2) is 0 Å². The van der Waals surface area contributed by atoms with Gasteiger partial charge in [0.25, 0.3) is 0 Å². The molecule has 1 heterocycles. The number of Topliss-reactive ketones (excluding diaryl/α,β-unsaturated/α-hetero) is 1. The van der Waals surface area contributed by atoms with Gasteiger partial charge >= 0.3 is 0 Å². The zero-order valence-electron chi connectivity index (χ0n) is 18.4. The Morgan fingerprint density at radius 1 is 1.07 bits per heavy atom. The van der Waals surface area contributed by atoms with E-state index >= 15 is 0 Å². The highest BCUT2D eigenvalue weighted by Crippen LogP contribution is 2.55. The summed E-state index contributed by atoms with van der Waals surface area (Å²) in [5.41, 5.74) is 0.604. The van der Waals surface area contributed by atoms with Crippen LogP contribution in [0.4, 0.5) is 5.69 Å². The van der Waals surface area contributed by atoms with Crippen molar-refractivity contribution in [3.63, 3.8) is 0 Å². The van der Waals surface area contributed by atoms with Crippen LogP contribution in [0.3, 0.4) is 0 Å². The van der Waals surface area contributed by atoms with Crippen LogP contribution in [0.15, 0.2) is 30.3 Å². The lowest BCUT2D eigenvalue weighted by molar-refractivity contribution is -0.125. The van der Waals surface area contributed by atoms with Gasteiger partial charge in [0.1, 0.15) is 11.8 Å². The maximum absolute atomic E-state index is 12.3. The van der Waals surface area contributed by atoms with Gasteiger partial charge in [0.05, 0.1) is 5.54 Å². The second-order valence-corrected chi connectivity index (χ2v) is 13.7. The van der Waals surface area contributed by atoms with Crippen molar-refractivity contribution >= 4 is 49.6 Å². The van der Waals surface area contributed by atoms with Crippen LogP contribution >= 0.6 is 34.4 Å². The quantitative estimate of drug-likeness (QED) is 0.220. The SMILES string of the molecule is CC(=O)C(C)(C)CC(C)(C)SC(C)(C)CC1(C)C(C(=O)I)N1c1ccccc1. The highest BCUT2D eigenvalue weighted by molar-refractivity contribution is 14.1. The van der Waals surface area contributed by atoms with Crippen LogP contribution in [-0.4, -0.2) is 30.6 Å². The predicted octanol–water partition coefficient (Wildman–Crippen LogP) is 6.28. The number of hydrogen-bond acceptors (Lipinski definition) is 4. The van der Waals surface area contributed by atoms with Crippen molar-refractivity contribution in [1.82, 2.24) is 0 Å². The molecule has 0 amide bonds. The van der Waals surface area contributed by atoms with Crippen LogP contribution in [0.2, 0.25) is 0 Å². The minimum Gasteiger partial charge on any atom is -0.350 e. The number of rotatable bonds is 9. The molecule has 156 valence electrons. The monoisotopic (exact) mass is 515 g/mol. The largest absolute Gasteiger partial charge is 0.350 e. The molecule has 0 aliphatic carbocycles. The summed E-state index contributed by atoms with van der Waals surface area (Å²) in [6.45, 7) is 17.0. The molecule has 2 unspecified atom stereocenters. The van der Waals surface area contributed by atoms with E-state index in [1.54, 1.807) is 6.92 Å². The van der Waals surface area contributed by atoms with E-state index in [9.17, 15) is 9.59 Å². The maximum atomic E-state index is 12.3. The molecule has 2 atom stereocenters. The van der Waals surface area contributed by atoms with Crippen LogP contribution in [0.5, 0.6) is 0 Å². The van der Waals surface area contributed by atoms with Gasteiger partial charge in [-0.05, 0) is 38.8 Å². The molecule has 0 bridgehead atoms. The van der Waals surface area contributed by atoms with Crippen LogP contribution in [-0.2, 0) is 9.59 Å². The van der Waals surface area contributed by atoms with Crippen LogP contribution < -0.4 is 4.90 Å². The Hall–Kier alpha value is -0.560. The molecule has 1 aromatic rings. The van der Waals surface area contributed by atoms with Gasteiger partial charge in [-0.3, -0.25) is 9.59 Å². The van der Waals surface area contributed by atoms with Crippen molar-refractivity contribution in [3.8, 4) is 0 Å². The fourth-order valence-electron chi connectivity index (χ4n) is 4.86. The summed E-state index contributed by atoms with van der Waals surface area (Å²) in [6.07, 6.45) is 1.74. The molecule has 0 radical (unpaired) electrons. The van der Waals surface area contributed by atoms with E-state index in [4.69, 9.17) is 0 Å². The van der Waals surface area contributed by atoms with Crippen LogP contribution in [0.25, 0.3) is 0 Å². The maximum Gasteiger partial charge on any atom is 0.217 e. The second-order valence-electron chi connectivity index (χ2n) is 10.2. The van der Waals surface area contributed by atoms with E-state index in [1.807, 2.05) is 66.4 Å². The molecular weight excluding hydrogens is 481 g/mol. The van der Waals surface area contributed by atoms with Crippen molar-refractivity contribution in [2.45, 2.75) is 89.3 Å². The van der Waals surface area contributed by atoms with Crippen molar-refractivity contribution in [2.75, 3.05) is 4.90 Å². The number of ketones is 1. The number of halogens is 1. The Kier molecular flexibility index (Phi) is 6.72. The summed E-state index contributed by atoms with van der Waals surface area (Å²) in [5, 5.41) is 0. The third kappa shape index (κ3) is 5.32. The van der Waals surface area contributed by atoms with E-state index in [2.05, 4.69) is 51.7 Å². The lowest BCUT2D eigenvalue weighted by Gasteiger charge is -2.40. The first kappa shape index (κ1) is 23.7. The molecule has 1 fully saturated rings. The van der Waals surface area contributed by atoms with Crippen molar-refractivity contribution < 1.29 is 9.59 Å². The van der Waals surface area contributed by atoms with Crippen molar-refractivity contribution in [2.24, 2.45) is 5.41 Å². The number of nitrogens with zero attached hydrogens (tertiary/aromatic N) is 1. The molecule has 28 heavy (non-hydrogen) atoms. The smallest absolute Gasteiger partial charge is 0.217 e. The molecule has 0 aromatic heterocycles. The molecular formula is C23H34INO2S. The van der Waals surface area contributed by atoms with E-state index in [0.29, 0.717) is 0 Å². The number of para-hydroxylation sites is 1. The minimum absolute atomic E-state index is 0.0288. The van der Waals surface area contributed by atoms with Gasteiger partial charge in [-0.15, -0.1) is 11.8 Å². The summed E-state index contributed by atoms with van der Waals surface area (Å²) < 4.78 is 0.131. The third-order valence-electron chi connectivity index (χ3n) is 5.74. The van der Waals surface area contributed by atoms with Gasteiger partial charge < -0.3 is 4.90 Å². The number of benzene rings is 1. The predicted molar refractivity (Wildman–Crippen MR) is 130 cm³/mol. The highest BCUT2D eigenvalue weighted by Gasteiger charge is 2.64. The summed E-state index contributed by atoms with van der Waals surface area (Å²) in [4.78, 5) is 26.6. The number of carbonyl (C=O) groups is 2. The first-order chi connectivity index (χ1) is 12.6. The summed E-state index contributed by atoms with van der Waals surface area (Å²) in [5.74, 6) is 0.235. The molecule has 1 aliphatic heterocycles. The summed E-state index contributed by atoms with van der Waals surface area (Å²) in [7, 11) is 0. The Balaban J connectivity index is 2.18. The topological polar surface area (TPSA) is 37.1 Å². The Morgan fingerprint density at radius 2 is 1.61 bits per heavy atom. The highest BCUT2D eigenvalue weighted by atomic mass is 127. The molecule has 1 aliphatic rings. The molecule has 3 nitrogen and oxygen atoms in total. The third-order valence-corrected chi connectivity index (χ3v) is 7.72. The first-order valence-corrected chi connectivity index (χ1v) is 11.8. The standard InChI is InChI=1S/C23H34INO2S/c1-16(26)20(2,3)14-21(4,5)28-22(6,7)15-23(8)18(19(24)27)25(23)17-12-10-9-11-13-17/h9-13,18H,14-15H2,1-8H3. The average molecular weight is 516 g/mol. The van der Waals surface area contributed by atoms with Crippen LogP contribution in [0.1, 0.15) is 68.2 Å². The van der Waals surface area contributed by atoms with E-state index in [1.165, 1.54) is 0 Å². The number of hydrogen-bond donors (Lipinski definition) is 0. The number of thioether (sulfide) groups is 1. The van der Waals surface area contributed by atoms with Gasteiger partial charge in [-0.25, -0.2) is 0 Å². The van der Waals surface area contributed by atoms with Gasteiger partial charge in [0.2, 0.25) is 3.79 Å². The molecule has 0 saturated carbocycles. The van der Waals surface area contributed by atoms with Crippen molar-refractivity contribution in [1.29, 1.82) is 0 Å². The molecule has 0 N–H and O–H groups in total. The van der Waals surface area contributed by atoms with Gasteiger partial charge in [-0.2, -0.15) is 0 Å². The van der Waals surface area contributed by atoms with E-state index in [-0.39, 0.29) is 36.1 Å². The average Bonchev–Trinajstić information content (AvgIpc) is 3.09. The van der Waals surface area contributed by atoms with Gasteiger partial charge in [-0.1, -0.05) is 59.7 Å². The van der Waals surface area contributed by atoms with Crippen molar-refractivity contribution in [3.05, 3.63) is 30.3 Å². The molecule has 5 heteroatoms. The molecule has 1 aromatic carbocycles.